The van der Waals surface area contributed by atoms with Crippen molar-refractivity contribution >= 4 is 45.0 Å². The Morgan fingerprint density at radius 1 is 0.857 bits per heavy atom. The van der Waals surface area contributed by atoms with Crippen LogP contribution >= 0.6 is 11.6 Å². The fraction of sp³-hybridized carbons (Fsp3) is 0.550. The lowest BCUT2D eigenvalue weighted by atomic mass is 10.0. The zero-order valence-corrected chi connectivity index (χ0v) is 21.0. The van der Waals surface area contributed by atoms with Crippen LogP contribution < -0.4 is 43.6 Å². The van der Waals surface area contributed by atoms with E-state index in [1.165, 1.54) is 12.1 Å². The summed E-state index contributed by atoms with van der Waals surface area (Å²) in [6.45, 7) is 2.23. The van der Waals surface area contributed by atoms with Crippen LogP contribution in [0, 0.1) is 0 Å². The van der Waals surface area contributed by atoms with Gasteiger partial charge in [-0.1, -0.05) is 11.6 Å². The van der Waals surface area contributed by atoms with Crippen LogP contribution in [0.3, 0.4) is 0 Å². The van der Waals surface area contributed by atoms with E-state index in [1.807, 2.05) is 9.80 Å². The van der Waals surface area contributed by atoms with E-state index in [0.717, 1.165) is 19.1 Å². The van der Waals surface area contributed by atoms with Gasteiger partial charge in [0.05, 0.1) is 15.6 Å². The second-order valence-electron chi connectivity index (χ2n) is 9.24. The molecule has 0 spiro atoms. The number of nitrogens with one attached hydrogen (secondary N) is 2. The molecule has 0 saturated carbocycles. The van der Waals surface area contributed by atoms with Gasteiger partial charge in [-0.25, -0.2) is 8.42 Å². The minimum atomic E-state index is -3.38. The number of nitrogens with zero attached hydrogens (tertiary/aromatic N) is 5. The topological polar surface area (TPSA) is 207 Å². The van der Waals surface area contributed by atoms with Crippen molar-refractivity contribution in [3.63, 3.8) is 0 Å². The molecule has 2 aliphatic heterocycles. The number of aromatic nitrogens is 3. The first-order valence-electron chi connectivity index (χ1n) is 11.3. The minimum Gasteiger partial charge on any atom is -0.338 e. The number of hydrogen-bond donors (Lipinski definition) is 6. The van der Waals surface area contributed by atoms with E-state index in [4.69, 9.17) is 34.5 Å². The summed E-state index contributed by atoms with van der Waals surface area (Å²) >= 11 is 6.28. The number of piperidine rings is 2. The van der Waals surface area contributed by atoms with Crippen molar-refractivity contribution in [2.45, 2.75) is 41.9 Å². The van der Waals surface area contributed by atoms with Crippen LogP contribution in [0.25, 0.3) is 0 Å². The lowest BCUT2D eigenvalue weighted by molar-refractivity contribution is 0.441. The maximum Gasteiger partial charge on any atom is 0.248 e. The van der Waals surface area contributed by atoms with Gasteiger partial charge in [0.2, 0.25) is 17.8 Å². The number of nitrogens with two attached hydrogens (primary N) is 4. The van der Waals surface area contributed by atoms with Crippen LogP contribution in [0.1, 0.15) is 12.8 Å². The first kappa shape index (κ1) is 25.6. The Labute approximate surface area is 209 Å². The minimum absolute atomic E-state index is 0.0995. The lowest BCUT2D eigenvalue weighted by Gasteiger charge is -2.37. The SMILES string of the molecule is CS(=O)(=O)c1ccc(NNc2nc(N3C[C@H](N)C[C@H](N)C3)nc(N3C[C@H](N)C[C@H](N)C3)n2)c(Cl)c1. The molecule has 0 radical (unpaired) electrons. The summed E-state index contributed by atoms with van der Waals surface area (Å²) in [4.78, 5) is 17.8. The third-order valence-corrected chi connectivity index (χ3v) is 7.31. The molecule has 13 nitrogen and oxygen atoms in total. The number of anilines is 4. The molecule has 35 heavy (non-hydrogen) atoms. The largest absolute Gasteiger partial charge is 0.338 e. The Hall–Kier alpha value is -2.49. The molecule has 0 bridgehead atoms. The Balaban J connectivity index is 1.61. The van der Waals surface area contributed by atoms with Gasteiger partial charge in [-0.15, -0.1) is 0 Å². The number of hydrazine groups is 1. The van der Waals surface area contributed by atoms with Gasteiger partial charge >= 0.3 is 0 Å². The molecule has 0 unspecified atom stereocenters. The molecular weight excluding hydrogens is 494 g/mol. The predicted octanol–water partition coefficient (Wildman–Crippen LogP) is -0.903. The van der Waals surface area contributed by atoms with E-state index in [0.29, 0.717) is 43.8 Å². The maximum atomic E-state index is 11.8. The van der Waals surface area contributed by atoms with Gasteiger partial charge in [0.1, 0.15) is 0 Å². The molecule has 2 aliphatic rings. The quantitative estimate of drug-likeness (QED) is 0.253. The Morgan fingerprint density at radius 2 is 1.34 bits per heavy atom. The normalized spacial score (nSPS) is 25.4. The Morgan fingerprint density at radius 3 is 1.77 bits per heavy atom. The van der Waals surface area contributed by atoms with E-state index in [-0.39, 0.29) is 40.0 Å². The van der Waals surface area contributed by atoms with Crippen molar-refractivity contribution in [1.82, 2.24) is 15.0 Å². The molecule has 15 heteroatoms. The molecule has 3 heterocycles. The molecule has 2 aromatic rings. The van der Waals surface area contributed by atoms with Gasteiger partial charge in [0, 0.05) is 56.6 Å². The number of hydrogen-bond acceptors (Lipinski definition) is 13. The van der Waals surface area contributed by atoms with Crippen molar-refractivity contribution in [2.75, 3.05) is 53.1 Å². The molecule has 10 N–H and O–H groups in total. The molecule has 4 rings (SSSR count). The smallest absolute Gasteiger partial charge is 0.248 e. The molecule has 1 aromatic carbocycles. The molecule has 0 amide bonds. The van der Waals surface area contributed by atoms with Crippen LogP contribution in [0.2, 0.25) is 5.02 Å². The maximum absolute atomic E-state index is 11.8. The van der Waals surface area contributed by atoms with Crippen LogP contribution in [0.5, 0.6) is 0 Å². The molecule has 2 saturated heterocycles. The van der Waals surface area contributed by atoms with Gasteiger partial charge in [0.15, 0.2) is 9.84 Å². The third kappa shape index (κ3) is 6.39. The number of sulfone groups is 1. The highest BCUT2D eigenvalue weighted by Gasteiger charge is 2.28. The molecular formula is C20H32ClN11O2S. The molecule has 4 atom stereocenters. The average molecular weight is 526 g/mol. The average Bonchev–Trinajstić information content (AvgIpc) is 2.76. The first-order valence-corrected chi connectivity index (χ1v) is 13.5. The summed E-state index contributed by atoms with van der Waals surface area (Å²) in [6, 6.07) is 3.99. The van der Waals surface area contributed by atoms with Gasteiger partial charge in [-0.3, -0.25) is 10.9 Å². The molecule has 2 fully saturated rings. The highest BCUT2D eigenvalue weighted by Crippen LogP contribution is 2.26. The second kappa shape index (κ2) is 10.2. The number of benzene rings is 1. The second-order valence-corrected chi connectivity index (χ2v) is 11.7. The molecule has 1 aromatic heterocycles. The Bertz CT molecular complexity index is 1100. The highest BCUT2D eigenvalue weighted by molar-refractivity contribution is 7.90. The monoisotopic (exact) mass is 525 g/mol. The first-order chi connectivity index (χ1) is 16.5. The van der Waals surface area contributed by atoms with Gasteiger partial charge in [-0.2, -0.15) is 15.0 Å². The van der Waals surface area contributed by atoms with Gasteiger partial charge in [0.25, 0.3) is 0 Å². The van der Waals surface area contributed by atoms with Crippen molar-refractivity contribution in [2.24, 2.45) is 22.9 Å². The highest BCUT2D eigenvalue weighted by atomic mass is 35.5. The standard InChI is InChI=1S/C20H32ClN11O2S/c1-35(33,34)15-2-3-17(16(21)6-15)29-30-18-26-19(31-7-11(22)4-12(23)8-31)28-20(27-18)32-9-13(24)5-14(25)10-32/h2-3,6,11-14,29H,4-5,7-10,22-25H2,1H3,(H,26,27,28,30)/t11-,12+,13-,14+. The number of halogens is 1. The van der Waals surface area contributed by atoms with E-state index < -0.39 is 9.84 Å². The summed E-state index contributed by atoms with van der Waals surface area (Å²) in [6.07, 6.45) is 2.56. The fourth-order valence-electron chi connectivity index (χ4n) is 4.33. The van der Waals surface area contributed by atoms with Crippen molar-refractivity contribution in [1.29, 1.82) is 0 Å². The third-order valence-electron chi connectivity index (χ3n) is 5.89. The zero-order chi connectivity index (χ0) is 25.3. The predicted molar refractivity (Wildman–Crippen MR) is 137 cm³/mol. The van der Waals surface area contributed by atoms with Gasteiger partial charge in [-0.05, 0) is 31.0 Å². The number of rotatable bonds is 6. The van der Waals surface area contributed by atoms with Crippen molar-refractivity contribution < 1.29 is 8.42 Å². The summed E-state index contributed by atoms with van der Waals surface area (Å²) in [5.74, 6) is 1.08. The summed E-state index contributed by atoms with van der Waals surface area (Å²) in [5, 5.41) is 0.218. The summed E-state index contributed by atoms with van der Waals surface area (Å²) in [7, 11) is -3.38. The van der Waals surface area contributed by atoms with Gasteiger partial charge < -0.3 is 32.7 Å². The van der Waals surface area contributed by atoms with Crippen LogP contribution in [0.4, 0.5) is 23.5 Å². The van der Waals surface area contributed by atoms with E-state index >= 15 is 0 Å². The van der Waals surface area contributed by atoms with E-state index in [9.17, 15) is 8.42 Å². The lowest BCUT2D eigenvalue weighted by Crippen LogP contribution is -2.54. The summed E-state index contributed by atoms with van der Waals surface area (Å²) < 4.78 is 23.6. The van der Waals surface area contributed by atoms with Crippen LogP contribution in [-0.4, -0.2) is 80.0 Å². The summed E-state index contributed by atoms with van der Waals surface area (Å²) in [5.41, 5.74) is 31.0. The van der Waals surface area contributed by atoms with Crippen molar-refractivity contribution in [3.05, 3.63) is 23.2 Å². The zero-order valence-electron chi connectivity index (χ0n) is 19.4. The van der Waals surface area contributed by atoms with E-state index in [2.05, 4.69) is 25.8 Å². The van der Waals surface area contributed by atoms with Crippen LogP contribution in [0.15, 0.2) is 23.1 Å². The fourth-order valence-corrected chi connectivity index (χ4v) is 5.27. The van der Waals surface area contributed by atoms with Crippen LogP contribution in [-0.2, 0) is 9.84 Å². The Kier molecular flexibility index (Phi) is 7.49. The molecule has 0 aliphatic carbocycles. The molecule has 192 valence electrons. The van der Waals surface area contributed by atoms with Crippen molar-refractivity contribution in [3.8, 4) is 0 Å². The van der Waals surface area contributed by atoms with E-state index in [1.54, 1.807) is 6.07 Å².